The van der Waals surface area contributed by atoms with Gasteiger partial charge < -0.3 is 16.4 Å². The normalized spacial score (nSPS) is 16.8. The van der Waals surface area contributed by atoms with Crippen LogP contribution in [0.1, 0.15) is 22.6 Å². The number of aromatic nitrogens is 2. The Labute approximate surface area is 123 Å². The van der Waals surface area contributed by atoms with Gasteiger partial charge in [-0.25, -0.2) is 0 Å². The molecule has 1 aliphatic heterocycles. The average molecular weight is 294 g/mol. The van der Waals surface area contributed by atoms with Crippen molar-refractivity contribution in [3.63, 3.8) is 0 Å². The van der Waals surface area contributed by atoms with Gasteiger partial charge in [-0.1, -0.05) is 0 Å². The first-order valence-corrected chi connectivity index (χ1v) is 6.99. The van der Waals surface area contributed by atoms with Crippen LogP contribution in [0.25, 0.3) is 0 Å². The maximum absolute atomic E-state index is 12.6. The third kappa shape index (κ3) is 3.33. The van der Waals surface area contributed by atoms with E-state index in [0.29, 0.717) is 36.7 Å². The van der Waals surface area contributed by atoms with Gasteiger partial charge in [-0.2, -0.15) is 5.10 Å². The van der Waals surface area contributed by atoms with Crippen LogP contribution in [0.4, 0.5) is 5.69 Å². The molecule has 1 aromatic heterocycles. The maximum Gasteiger partial charge on any atom is 0.274 e. The second-order valence-corrected chi connectivity index (χ2v) is 5.36. The fourth-order valence-electron chi connectivity index (χ4n) is 2.63. The molecule has 21 heavy (non-hydrogen) atoms. The minimum Gasteiger partial charge on any atom is -0.395 e. The second-order valence-electron chi connectivity index (χ2n) is 5.36. The van der Waals surface area contributed by atoms with Crippen molar-refractivity contribution in [2.24, 2.45) is 12.8 Å². The molecule has 0 spiro atoms. The van der Waals surface area contributed by atoms with Gasteiger partial charge in [0.15, 0.2) is 0 Å². The fraction of sp³-hybridized carbons (Fsp3) is 0.615. The zero-order valence-corrected chi connectivity index (χ0v) is 12.5. The van der Waals surface area contributed by atoms with E-state index in [1.807, 2.05) is 4.90 Å². The standard InChI is InChI=1S/C13H22N6O2/c1-9-11(15)12(17(2)16-9)13(21)19-5-3-4-18(6-7-19)8-10(14)20/h3-8,15H2,1-2H3,(H2,14,20). The van der Waals surface area contributed by atoms with E-state index in [9.17, 15) is 9.59 Å². The van der Waals surface area contributed by atoms with E-state index >= 15 is 0 Å². The molecule has 0 bridgehead atoms. The molecule has 0 aliphatic carbocycles. The van der Waals surface area contributed by atoms with E-state index in [2.05, 4.69) is 5.10 Å². The van der Waals surface area contributed by atoms with Crippen molar-refractivity contribution >= 4 is 17.5 Å². The molecular weight excluding hydrogens is 272 g/mol. The molecule has 2 rings (SSSR count). The number of aryl methyl sites for hydroxylation is 2. The first-order chi connectivity index (χ1) is 9.90. The van der Waals surface area contributed by atoms with Crippen LogP contribution in [-0.2, 0) is 11.8 Å². The van der Waals surface area contributed by atoms with Crippen molar-refractivity contribution in [2.45, 2.75) is 13.3 Å². The van der Waals surface area contributed by atoms with E-state index in [1.165, 1.54) is 4.68 Å². The second kappa shape index (κ2) is 6.13. The average Bonchev–Trinajstić information content (AvgIpc) is 2.57. The maximum atomic E-state index is 12.6. The van der Waals surface area contributed by atoms with Crippen molar-refractivity contribution in [3.8, 4) is 0 Å². The summed E-state index contributed by atoms with van der Waals surface area (Å²) in [6.07, 6.45) is 0.801. The predicted octanol–water partition coefficient (Wildman–Crippen LogP) is -1.06. The van der Waals surface area contributed by atoms with Crippen LogP contribution in [-0.4, -0.2) is 64.1 Å². The first kappa shape index (κ1) is 15.3. The number of primary amides is 1. The van der Waals surface area contributed by atoms with E-state index in [0.717, 1.165) is 13.0 Å². The Balaban J connectivity index is 2.08. The van der Waals surface area contributed by atoms with Crippen LogP contribution >= 0.6 is 0 Å². The number of amides is 2. The van der Waals surface area contributed by atoms with Crippen LogP contribution in [0, 0.1) is 6.92 Å². The largest absolute Gasteiger partial charge is 0.395 e. The molecule has 0 radical (unpaired) electrons. The lowest BCUT2D eigenvalue weighted by Gasteiger charge is -2.21. The summed E-state index contributed by atoms with van der Waals surface area (Å²) in [5.41, 5.74) is 12.7. The van der Waals surface area contributed by atoms with Gasteiger partial charge in [0.1, 0.15) is 5.69 Å². The summed E-state index contributed by atoms with van der Waals surface area (Å²) in [5, 5.41) is 4.18. The third-order valence-corrected chi connectivity index (χ3v) is 3.73. The van der Waals surface area contributed by atoms with Crippen molar-refractivity contribution in [2.75, 3.05) is 38.5 Å². The molecule has 0 unspecified atom stereocenters. The molecule has 0 aromatic carbocycles. The Morgan fingerprint density at radius 3 is 2.52 bits per heavy atom. The van der Waals surface area contributed by atoms with Gasteiger partial charge in [0.05, 0.1) is 17.9 Å². The van der Waals surface area contributed by atoms with E-state index in [1.54, 1.807) is 18.9 Å². The number of hydrogen-bond donors (Lipinski definition) is 2. The number of nitrogens with two attached hydrogens (primary N) is 2. The van der Waals surface area contributed by atoms with Gasteiger partial charge in [-0.05, 0) is 13.3 Å². The number of anilines is 1. The van der Waals surface area contributed by atoms with Crippen molar-refractivity contribution in [1.82, 2.24) is 19.6 Å². The Morgan fingerprint density at radius 2 is 1.95 bits per heavy atom. The zero-order valence-electron chi connectivity index (χ0n) is 12.5. The Bertz CT molecular complexity index is 553. The molecular formula is C13H22N6O2. The SMILES string of the molecule is Cc1nn(C)c(C(=O)N2CCCN(CC(N)=O)CC2)c1N. The Hall–Kier alpha value is -2.09. The van der Waals surface area contributed by atoms with Crippen LogP contribution < -0.4 is 11.5 Å². The minimum atomic E-state index is -0.346. The number of nitrogen functional groups attached to an aromatic ring is 1. The summed E-state index contributed by atoms with van der Waals surface area (Å²) < 4.78 is 1.53. The Morgan fingerprint density at radius 1 is 1.24 bits per heavy atom. The summed E-state index contributed by atoms with van der Waals surface area (Å²) in [6, 6.07) is 0. The summed E-state index contributed by atoms with van der Waals surface area (Å²) in [5.74, 6) is -0.460. The summed E-state index contributed by atoms with van der Waals surface area (Å²) in [4.78, 5) is 27.3. The molecule has 8 heteroatoms. The molecule has 2 amide bonds. The highest BCUT2D eigenvalue weighted by atomic mass is 16.2. The van der Waals surface area contributed by atoms with Crippen molar-refractivity contribution in [1.29, 1.82) is 0 Å². The number of carbonyl (C=O) groups excluding carboxylic acids is 2. The number of rotatable bonds is 3. The smallest absolute Gasteiger partial charge is 0.274 e. The summed E-state index contributed by atoms with van der Waals surface area (Å²) in [7, 11) is 1.72. The van der Waals surface area contributed by atoms with Gasteiger partial charge in [-0.15, -0.1) is 0 Å². The van der Waals surface area contributed by atoms with Crippen LogP contribution in [0.3, 0.4) is 0 Å². The molecule has 1 fully saturated rings. The number of hydrogen-bond acceptors (Lipinski definition) is 5. The lowest BCUT2D eigenvalue weighted by Crippen LogP contribution is -2.38. The molecule has 1 aliphatic rings. The monoisotopic (exact) mass is 294 g/mol. The van der Waals surface area contributed by atoms with E-state index < -0.39 is 0 Å². The highest BCUT2D eigenvalue weighted by Crippen LogP contribution is 2.18. The topological polar surface area (TPSA) is 110 Å². The molecule has 116 valence electrons. The van der Waals surface area contributed by atoms with Gasteiger partial charge in [0, 0.05) is 33.2 Å². The molecule has 1 saturated heterocycles. The summed E-state index contributed by atoms with van der Waals surface area (Å²) >= 11 is 0. The van der Waals surface area contributed by atoms with Gasteiger partial charge >= 0.3 is 0 Å². The van der Waals surface area contributed by atoms with Crippen LogP contribution in [0.5, 0.6) is 0 Å². The first-order valence-electron chi connectivity index (χ1n) is 6.99. The lowest BCUT2D eigenvalue weighted by molar-refractivity contribution is -0.119. The van der Waals surface area contributed by atoms with Crippen molar-refractivity contribution < 1.29 is 9.59 Å². The fourth-order valence-corrected chi connectivity index (χ4v) is 2.63. The minimum absolute atomic E-state index is 0.114. The van der Waals surface area contributed by atoms with Gasteiger partial charge in [0.2, 0.25) is 5.91 Å². The number of carbonyl (C=O) groups is 2. The molecule has 8 nitrogen and oxygen atoms in total. The quantitative estimate of drug-likeness (QED) is 0.738. The zero-order chi connectivity index (χ0) is 15.6. The van der Waals surface area contributed by atoms with Crippen LogP contribution in [0.15, 0.2) is 0 Å². The number of nitrogens with zero attached hydrogens (tertiary/aromatic N) is 4. The molecule has 0 saturated carbocycles. The lowest BCUT2D eigenvalue weighted by atomic mass is 10.2. The Kier molecular flexibility index (Phi) is 4.46. The predicted molar refractivity (Wildman–Crippen MR) is 78.5 cm³/mol. The van der Waals surface area contributed by atoms with Crippen LogP contribution in [0.2, 0.25) is 0 Å². The molecule has 4 N–H and O–H groups in total. The van der Waals surface area contributed by atoms with Gasteiger partial charge in [-0.3, -0.25) is 19.2 Å². The third-order valence-electron chi connectivity index (χ3n) is 3.73. The van der Waals surface area contributed by atoms with Gasteiger partial charge in [0.25, 0.3) is 5.91 Å². The molecule has 1 aromatic rings. The van der Waals surface area contributed by atoms with Crippen molar-refractivity contribution in [3.05, 3.63) is 11.4 Å². The molecule has 0 atom stereocenters. The molecule has 2 heterocycles. The summed E-state index contributed by atoms with van der Waals surface area (Å²) in [6.45, 7) is 4.59. The highest BCUT2D eigenvalue weighted by Gasteiger charge is 2.25. The van der Waals surface area contributed by atoms with E-state index in [4.69, 9.17) is 11.5 Å². The highest BCUT2D eigenvalue weighted by molar-refractivity contribution is 5.98. The van der Waals surface area contributed by atoms with E-state index in [-0.39, 0.29) is 18.4 Å².